The smallest absolute Gasteiger partial charge is 0.0443 e. The van der Waals surface area contributed by atoms with Crippen LogP contribution in [0, 0.1) is 0 Å². The molecule has 0 heterocycles. The van der Waals surface area contributed by atoms with E-state index >= 15 is 0 Å². The standard InChI is InChI=1S/C12H15N3O/c13-15-14-9-1-3-11-5-7-12(8-6-11)4-2-10-16/h1,3,5-8,16H,2,4,9-10H2. The molecule has 1 N–H and O–H groups in total. The van der Waals surface area contributed by atoms with Crippen molar-refractivity contribution in [1.82, 2.24) is 0 Å². The number of aryl methyl sites for hydroxylation is 1. The molecular formula is C12H15N3O. The quantitative estimate of drug-likeness (QED) is 0.444. The molecule has 0 saturated carbocycles. The van der Waals surface area contributed by atoms with Crippen LogP contribution in [0.3, 0.4) is 0 Å². The summed E-state index contributed by atoms with van der Waals surface area (Å²) in [6.07, 6.45) is 5.44. The van der Waals surface area contributed by atoms with Crippen LogP contribution in [0.5, 0.6) is 0 Å². The molecule has 0 amide bonds. The van der Waals surface area contributed by atoms with Crippen molar-refractivity contribution in [3.63, 3.8) is 0 Å². The number of benzene rings is 1. The van der Waals surface area contributed by atoms with Gasteiger partial charge in [0.1, 0.15) is 0 Å². The van der Waals surface area contributed by atoms with Crippen LogP contribution in [0.15, 0.2) is 35.5 Å². The number of azide groups is 1. The van der Waals surface area contributed by atoms with Gasteiger partial charge in [-0.25, -0.2) is 0 Å². The Bertz CT molecular complexity index is 378. The van der Waals surface area contributed by atoms with Crippen LogP contribution in [0.1, 0.15) is 17.5 Å². The molecule has 4 heteroatoms. The van der Waals surface area contributed by atoms with E-state index in [0.29, 0.717) is 6.54 Å². The molecule has 1 aromatic rings. The average molecular weight is 217 g/mol. The largest absolute Gasteiger partial charge is 0.396 e. The van der Waals surface area contributed by atoms with E-state index in [2.05, 4.69) is 10.0 Å². The van der Waals surface area contributed by atoms with Gasteiger partial charge in [0, 0.05) is 18.1 Å². The van der Waals surface area contributed by atoms with Gasteiger partial charge in [0.2, 0.25) is 0 Å². The summed E-state index contributed by atoms with van der Waals surface area (Å²) in [5, 5.41) is 12.1. The Morgan fingerprint density at radius 1 is 1.31 bits per heavy atom. The molecule has 4 nitrogen and oxygen atoms in total. The number of hydrogen-bond acceptors (Lipinski definition) is 2. The van der Waals surface area contributed by atoms with Crippen molar-refractivity contribution in [2.24, 2.45) is 5.11 Å². The van der Waals surface area contributed by atoms with Crippen molar-refractivity contribution in [1.29, 1.82) is 0 Å². The number of rotatable bonds is 6. The molecule has 16 heavy (non-hydrogen) atoms. The minimum atomic E-state index is 0.230. The third kappa shape index (κ3) is 4.64. The van der Waals surface area contributed by atoms with Crippen LogP contribution in [0.2, 0.25) is 0 Å². The zero-order chi connectivity index (χ0) is 11.6. The summed E-state index contributed by atoms with van der Waals surface area (Å²) in [6.45, 7) is 0.608. The first-order valence-electron chi connectivity index (χ1n) is 5.24. The molecule has 0 spiro atoms. The average Bonchev–Trinajstić information content (AvgIpc) is 2.33. The summed E-state index contributed by atoms with van der Waals surface area (Å²) in [6, 6.07) is 8.12. The first-order chi connectivity index (χ1) is 7.86. The molecule has 0 fully saturated rings. The molecule has 1 aromatic carbocycles. The fourth-order valence-electron chi connectivity index (χ4n) is 1.35. The zero-order valence-corrected chi connectivity index (χ0v) is 9.08. The van der Waals surface area contributed by atoms with E-state index in [9.17, 15) is 0 Å². The molecule has 0 atom stereocenters. The summed E-state index contributed by atoms with van der Waals surface area (Å²) in [5.74, 6) is 0. The Morgan fingerprint density at radius 3 is 2.69 bits per heavy atom. The van der Waals surface area contributed by atoms with Gasteiger partial charge in [-0.3, -0.25) is 0 Å². The number of nitrogens with zero attached hydrogens (tertiary/aromatic N) is 3. The van der Waals surface area contributed by atoms with Gasteiger partial charge in [-0.2, -0.15) is 0 Å². The van der Waals surface area contributed by atoms with Crippen LogP contribution in [-0.2, 0) is 6.42 Å². The minimum Gasteiger partial charge on any atom is -0.396 e. The first kappa shape index (κ1) is 12.3. The summed E-state index contributed by atoms with van der Waals surface area (Å²) in [7, 11) is 0. The predicted octanol–water partition coefficient (Wildman–Crippen LogP) is 2.94. The highest BCUT2D eigenvalue weighted by atomic mass is 16.2. The van der Waals surface area contributed by atoms with Crippen LogP contribution in [-0.4, -0.2) is 18.3 Å². The highest BCUT2D eigenvalue weighted by Crippen LogP contribution is 2.08. The van der Waals surface area contributed by atoms with Crippen LogP contribution < -0.4 is 0 Å². The molecule has 1 rings (SSSR count). The topological polar surface area (TPSA) is 69.0 Å². The van der Waals surface area contributed by atoms with Crippen LogP contribution >= 0.6 is 0 Å². The number of aliphatic hydroxyl groups excluding tert-OH is 1. The third-order valence-corrected chi connectivity index (χ3v) is 2.16. The van der Waals surface area contributed by atoms with Gasteiger partial charge < -0.3 is 5.11 Å². The van der Waals surface area contributed by atoms with Gasteiger partial charge in [-0.05, 0) is 29.5 Å². The van der Waals surface area contributed by atoms with Crippen molar-refractivity contribution < 1.29 is 5.11 Å². The fraction of sp³-hybridized carbons (Fsp3) is 0.333. The number of hydrogen-bond donors (Lipinski definition) is 1. The van der Waals surface area contributed by atoms with E-state index in [-0.39, 0.29) is 6.61 Å². The summed E-state index contributed by atoms with van der Waals surface area (Å²) < 4.78 is 0. The van der Waals surface area contributed by atoms with Crippen molar-refractivity contribution >= 4 is 6.08 Å². The van der Waals surface area contributed by atoms with Crippen molar-refractivity contribution in [3.8, 4) is 0 Å². The molecule has 0 aromatic heterocycles. The second kappa shape index (κ2) is 7.51. The van der Waals surface area contributed by atoms with Crippen molar-refractivity contribution in [2.75, 3.05) is 13.2 Å². The molecule has 0 aliphatic carbocycles. The molecule has 0 unspecified atom stereocenters. The van der Waals surface area contributed by atoms with E-state index in [0.717, 1.165) is 18.4 Å². The zero-order valence-electron chi connectivity index (χ0n) is 9.08. The monoisotopic (exact) mass is 217 g/mol. The van der Waals surface area contributed by atoms with E-state index < -0.39 is 0 Å². The Kier molecular flexibility index (Phi) is 5.78. The lowest BCUT2D eigenvalue weighted by atomic mass is 10.1. The van der Waals surface area contributed by atoms with Crippen molar-refractivity contribution in [2.45, 2.75) is 12.8 Å². The van der Waals surface area contributed by atoms with Crippen LogP contribution in [0.4, 0.5) is 0 Å². The van der Waals surface area contributed by atoms with E-state index in [1.807, 2.05) is 36.4 Å². The minimum absolute atomic E-state index is 0.230. The van der Waals surface area contributed by atoms with Gasteiger partial charge in [-0.1, -0.05) is 41.5 Å². The maximum Gasteiger partial charge on any atom is 0.0443 e. The Morgan fingerprint density at radius 2 is 2.06 bits per heavy atom. The van der Waals surface area contributed by atoms with Gasteiger partial charge in [-0.15, -0.1) is 0 Å². The van der Waals surface area contributed by atoms with E-state index in [1.165, 1.54) is 5.56 Å². The molecule has 0 aliphatic heterocycles. The molecular weight excluding hydrogens is 202 g/mol. The fourth-order valence-corrected chi connectivity index (χ4v) is 1.35. The van der Waals surface area contributed by atoms with E-state index in [4.69, 9.17) is 10.6 Å². The maximum absolute atomic E-state index is 8.70. The normalized spacial score (nSPS) is 10.3. The Hall–Kier alpha value is -1.77. The highest BCUT2D eigenvalue weighted by molar-refractivity contribution is 5.49. The Labute approximate surface area is 94.9 Å². The summed E-state index contributed by atoms with van der Waals surface area (Å²) in [4.78, 5) is 2.66. The summed E-state index contributed by atoms with van der Waals surface area (Å²) >= 11 is 0. The predicted molar refractivity (Wildman–Crippen MR) is 64.9 cm³/mol. The molecule has 0 bridgehead atoms. The highest BCUT2D eigenvalue weighted by Gasteiger charge is 1.92. The third-order valence-electron chi connectivity index (χ3n) is 2.16. The lowest BCUT2D eigenvalue weighted by Gasteiger charge is -1.99. The van der Waals surface area contributed by atoms with Gasteiger partial charge in [0.25, 0.3) is 0 Å². The maximum atomic E-state index is 8.70. The van der Waals surface area contributed by atoms with E-state index in [1.54, 1.807) is 0 Å². The second-order valence-electron chi connectivity index (χ2n) is 3.38. The summed E-state index contributed by atoms with van der Waals surface area (Å²) in [5.41, 5.74) is 10.4. The Balaban J connectivity index is 2.50. The van der Waals surface area contributed by atoms with Gasteiger partial charge >= 0.3 is 0 Å². The second-order valence-corrected chi connectivity index (χ2v) is 3.38. The van der Waals surface area contributed by atoms with Crippen LogP contribution in [0.25, 0.3) is 16.5 Å². The van der Waals surface area contributed by atoms with Gasteiger partial charge in [0.15, 0.2) is 0 Å². The first-order valence-corrected chi connectivity index (χ1v) is 5.24. The molecule has 84 valence electrons. The SMILES string of the molecule is [N-]=[N+]=NCC=Cc1ccc(CCCO)cc1. The van der Waals surface area contributed by atoms with Gasteiger partial charge in [0.05, 0.1) is 0 Å². The molecule has 0 radical (unpaired) electrons. The number of aliphatic hydroxyl groups is 1. The lowest BCUT2D eigenvalue weighted by molar-refractivity contribution is 0.288. The molecule has 0 saturated heterocycles. The molecule has 0 aliphatic rings. The van der Waals surface area contributed by atoms with Crippen molar-refractivity contribution in [3.05, 3.63) is 51.9 Å². The lowest BCUT2D eigenvalue weighted by Crippen LogP contribution is -1.88.